The summed E-state index contributed by atoms with van der Waals surface area (Å²) in [6.07, 6.45) is 3.72. The molecule has 0 saturated heterocycles. The minimum Gasteiger partial charge on any atom is -0.378 e. The van der Waals surface area contributed by atoms with Gasteiger partial charge in [-0.15, -0.1) is 10.2 Å². The Morgan fingerprint density at radius 2 is 1.75 bits per heavy atom. The third kappa shape index (κ3) is 3.47. The Morgan fingerprint density at radius 1 is 1.04 bits per heavy atom. The van der Waals surface area contributed by atoms with Gasteiger partial charge in [-0.05, 0) is 48.0 Å². The van der Waals surface area contributed by atoms with Gasteiger partial charge in [-0.25, -0.2) is 0 Å². The first-order valence-corrected chi connectivity index (χ1v) is 9.25. The first kappa shape index (κ1) is 17.8. The van der Waals surface area contributed by atoms with Crippen LogP contribution in [0.25, 0.3) is 28.5 Å². The topological polar surface area (TPSA) is 89.5 Å². The Bertz CT molecular complexity index is 1160. The number of fused-ring (bicyclic) bond motifs is 1. The van der Waals surface area contributed by atoms with Crippen LogP contribution in [0.5, 0.6) is 0 Å². The highest BCUT2D eigenvalue weighted by atomic mass is 32.1. The molecular formula is C19H16N6O2S. The van der Waals surface area contributed by atoms with Crippen molar-refractivity contribution in [3.63, 3.8) is 0 Å². The summed E-state index contributed by atoms with van der Waals surface area (Å²) in [4.78, 5) is 13.0. The van der Waals surface area contributed by atoms with Crippen LogP contribution < -0.4 is 4.90 Å². The van der Waals surface area contributed by atoms with Crippen LogP contribution in [0, 0.1) is 10.1 Å². The van der Waals surface area contributed by atoms with Crippen LogP contribution in [-0.4, -0.2) is 38.8 Å². The average molecular weight is 392 g/mol. The molecule has 9 heteroatoms. The number of rotatable bonds is 5. The molecule has 0 amide bonds. The molecule has 4 rings (SSSR count). The summed E-state index contributed by atoms with van der Waals surface area (Å²) in [5.74, 6) is 0.687. The average Bonchev–Trinajstić information content (AvgIpc) is 3.27. The Hall–Kier alpha value is -3.59. The van der Waals surface area contributed by atoms with E-state index in [2.05, 4.69) is 15.3 Å². The fourth-order valence-electron chi connectivity index (χ4n) is 2.66. The van der Waals surface area contributed by atoms with Gasteiger partial charge in [0.15, 0.2) is 5.82 Å². The van der Waals surface area contributed by atoms with Gasteiger partial charge in [0.1, 0.15) is 5.01 Å². The van der Waals surface area contributed by atoms with Crippen LogP contribution in [0.1, 0.15) is 10.6 Å². The van der Waals surface area contributed by atoms with Gasteiger partial charge in [-0.2, -0.15) is 9.61 Å². The lowest BCUT2D eigenvalue weighted by Crippen LogP contribution is -2.08. The molecule has 2 heterocycles. The summed E-state index contributed by atoms with van der Waals surface area (Å²) in [6, 6.07) is 14.4. The predicted octanol–water partition coefficient (Wildman–Crippen LogP) is 4.00. The van der Waals surface area contributed by atoms with E-state index in [4.69, 9.17) is 0 Å². The van der Waals surface area contributed by atoms with Crippen LogP contribution >= 0.6 is 11.3 Å². The summed E-state index contributed by atoms with van der Waals surface area (Å²) in [7, 11) is 3.99. The molecule has 0 saturated carbocycles. The van der Waals surface area contributed by atoms with Crippen LogP contribution in [0.2, 0.25) is 0 Å². The zero-order valence-electron chi connectivity index (χ0n) is 15.2. The van der Waals surface area contributed by atoms with Gasteiger partial charge in [-0.3, -0.25) is 10.1 Å². The maximum atomic E-state index is 10.7. The maximum Gasteiger partial charge on any atom is 0.269 e. The number of nitro benzene ring substituents is 1. The SMILES string of the molecule is CN(C)c1ccc(-c2nnc3sc(/C=C/c4ccc([N+](=O)[O-])cc4)nn23)cc1. The van der Waals surface area contributed by atoms with E-state index in [0.717, 1.165) is 21.8 Å². The van der Waals surface area contributed by atoms with E-state index in [9.17, 15) is 10.1 Å². The second kappa shape index (κ2) is 7.20. The molecule has 0 radical (unpaired) electrons. The third-order valence-corrected chi connectivity index (χ3v) is 5.03. The molecule has 0 atom stereocenters. The number of nitro groups is 1. The molecule has 4 aromatic rings. The van der Waals surface area contributed by atoms with E-state index in [1.807, 2.05) is 55.4 Å². The van der Waals surface area contributed by atoms with E-state index in [1.165, 1.54) is 23.5 Å². The number of aromatic nitrogens is 4. The predicted molar refractivity (Wildman–Crippen MR) is 110 cm³/mol. The van der Waals surface area contributed by atoms with E-state index in [0.29, 0.717) is 10.8 Å². The lowest BCUT2D eigenvalue weighted by molar-refractivity contribution is -0.384. The Morgan fingerprint density at radius 3 is 2.39 bits per heavy atom. The molecule has 2 aromatic heterocycles. The second-order valence-electron chi connectivity index (χ2n) is 6.28. The fraction of sp³-hybridized carbons (Fsp3) is 0.105. The number of hydrogen-bond donors (Lipinski definition) is 0. The van der Waals surface area contributed by atoms with Crippen molar-refractivity contribution >= 4 is 39.8 Å². The van der Waals surface area contributed by atoms with E-state index < -0.39 is 4.92 Å². The van der Waals surface area contributed by atoms with Crippen molar-refractivity contribution in [3.8, 4) is 11.4 Å². The van der Waals surface area contributed by atoms with E-state index in [-0.39, 0.29) is 5.69 Å². The van der Waals surface area contributed by atoms with Crippen LogP contribution in [-0.2, 0) is 0 Å². The lowest BCUT2D eigenvalue weighted by atomic mass is 10.2. The van der Waals surface area contributed by atoms with Crippen molar-refractivity contribution in [2.45, 2.75) is 0 Å². The smallest absolute Gasteiger partial charge is 0.269 e. The van der Waals surface area contributed by atoms with Crippen molar-refractivity contribution in [3.05, 3.63) is 69.2 Å². The van der Waals surface area contributed by atoms with Gasteiger partial charge >= 0.3 is 0 Å². The molecule has 2 aromatic carbocycles. The van der Waals surface area contributed by atoms with Crippen LogP contribution in [0.4, 0.5) is 11.4 Å². The summed E-state index contributed by atoms with van der Waals surface area (Å²) >= 11 is 1.42. The number of nitrogens with zero attached hydrogens (tertiary/aromatic N) is 6. The molecule has 0 aliphatic rings. The minimum atomic E-state index is -0.414. The van der Waals surface area contributed by atoms with Gasteiger partial charge in [0.2, 0.25) is 4.96 Å². The quantitative estimate of drug-likeness (QED) is 0.377. The van der Waals surface area contributed by atoms with Gasteiger partial charge in [0.25, 0.3) is 5.69 Å². The molecule has 28 heavy (non-hydrogen) atoms. The largest absolute Gasteiger partial charge is 0.378 e. The van der Waals surface area contributed by atoms with Crippen molar-refractivity contribution in [2.24, 2.45) is 0 Å². The van der Waals surface area contributed by atoms with Crippen LogP contribution in [0.15, 0.2) is 48.5 Å². The molecule has 0 fully saturated rings. The van der Waals surface area contributed by atoms with E-state index in [1.54, 1.807) is 16.6 Å². The summed E-state index contributed by atoms with van der Waals surface area (Å²) < 4.78 is 1.73. The van der Waals surface area contributed by atoms with Crippen LogP contribution in [0.3, 0.4) is 0 Å². The summed E-state index contributed by atoms with van der Waals surface area (Å²) in [6.45, 7) is 0. The highest BCUT2D eigenvalue weighted by molar-refractivity contribution is 7.17. The van der Waals surface area contributed by atoms with Crippen molar-refractivity contribution < 1.29 is 4.92 Å². The van der Waals surface area contributed by atoms with Gasteiger partial charge in [0.05, 0.1) is 4.92 Å². The summed E-state index contributed by atoms with van der Waals surface area (Å²) in [5, 5.41) is 24.5. The standard InChI is InChI=1S/C19H16N6O2S/c1-23(2)15-10-6-14(7-11-15)18-20-21-19-24(18)22-17(28-19)12-5-13-3-8-16(9-4-13)25(26)27/h3-12H,1-2H3/b12-5+. The lowest BCUT2D eigenvalue weighted by Gasteiger charge is -2.11. The number of non-ortho nitro benzene ring substituents is 1. The fourth-order valence-corrected chi connectivity index (χ4v) is 3.40. The molecule has 8 nitrogen and oxygen atoms in total. The number of benzene rings is 2. The Labute approximate surface area is 164 Å². The van der Waals surface area contributed by atoms with Crippen molar-refractivity contribution in [2.75, 3.05) is 19.0 Å². The molecule has 0 spiro atoms. The van der Waals surface area contributed by atoms with Crippen molar-refractivity contribution in [1.29, 1.82) is 0 Å². The molecular weight excluding hydrogens is 376 g/mol. The summed E-state index contributed by atoms with van der Waals surface area (Å²) in [5.41, 5.74) is 2.97. The molecule has 0 unspecified atom stereocenters. The zero-order chi connectivity index (χ0) is 19.7. The second-order valence-corrected chi connectivity index (χ2v) is 7.27. The molecule has 0 aliphatic heterocycles. The highest BCUT2D eigenvalue weighted by Crippen LogP contribution is 2.24. The minimum absolute atomic E-state index is 0.0702. The Kier molecular flexibility index (Phi) is 4.58. The highest BCUT2D eigenvalue weighted by Gasteiger charge is 2.12. The first-order chi connectivity index (χ1) is 13.5. The maximum absolute atomic E-state index is 10.7. The molecule has 140 valence electrons. The normalized spacial score (nSPS) is 11.4. The molecule has 0 bridgehead atoms. The zero-order valence-corrected chi connectivity index (χ0v) is 16.0. The molecule has 0 N–H and O–H groups in total. The van der Waals surface area contributed by atoms with Crippen molar-refractivity contribution in [1.82, 2.24) is 19.8 Å². The number of anilines is 1. The third-order valence-electron chi connectivity index (χ3n) is 4.17. The van der Waals surface area contributed by atoms with Gasteiger partial charge in [-0.1, -0.05) is 17.4 Å². The number of hydrogen-bond acceptors (Lipinski definition) is 7. The Balaban J connectivity index is 1.59. The molecule has 0 aliphatic carbocycles. The van der Waals surface area contributed by atoms with Gasteiger partial charge in [0, 0.05) is 37.5 Å². The van der Waals surface area contributed by atoms with Gasteiger partial charge < -0.3 is 4.90 Å². The van der Waals surface area contributed by atoms with E-state index >= 15 is 0 Å². The first-order valence-electron chi connectivity index (χ1n) is 8.44. The monoisotopic (exact) mass is 392 g/mol.